The lowest BCUT2D eigenvalue weighted by Crippen LogP contribution is -2.50. The molecule has 1 amide bonds. The topological polar surface area (TPSA) is 63.5 Å². The van der Waals surface area contributed by atoms with Crippen molar-refractivity contribution in [1.82, 2.24) is 14.8 Å². The number of aryl methyl sites for hydroxylation is 1. The number of aromatic nitrogens is 1. The Bertz CT molecular complexity index is 911. The number of pyridine rings is 1. The second-order valence-electron chi connectivity index (χ2n) is 7.08. The number of hydrogen-bond donors (Lipinski definition) is 0. The van der Waals surface area contributed by atoms with Crippen molar-refractivity contribution in [2.24, 2.45) is 0 Å². The van der Waals surface area contributed by atoms with Gasteiger partial charge in [0.05, 0.1) is 23.3 Å². The van der Waals surface area contributed by atoms with Gasteiger partial charge in [0, 0.05) is 50.9 Å². The Hall–Kier alpha value is -2.72. The number of amides is 1. The second kappa shape index (κ2) is 8.53. The fourth-order valence-corrected chi connectivity index (χ4v) is 3.84. The largest absolute Gasteiger partial charge is 0.367 e. The van der Waals surface area contributed by atoms with Gasteiger partial charge in [-0.2, -0.15) is 5.26 Å². The molecule has 1 fully saturated rings. The monoisotopic (exact) mass is 383 g/mol. The fraction of sp³-hybridized carbons (Fsp3) is 0.476. The molecule has 3 rings (SSSR count). The molecule has 0 radical (unpaired) electrons. The van der Waals surface area contributed by atoms with E-state index in [1.165, 1.54) is 12.1 Å². The summed E-state index contributed by atoms with van der Waals surface area (Å²) in [5.74, 6) is -0.185. The molecule has 0 spiro atoms. The van der Waals surface area contributed by atoms with Gasteiger partial charge >= 0.3 is 0 Å². The summed E-state index contributed by atoms with van der Waals surface area (Å²) in [6.45, 7) is 10.4. The summed E-state index contributed by atoms with van der Waals surface area (Å²) < 4.78 is 14.0. The number of halogens is 1. The van der Waals surface area contributed by atoms with E-state index in [4.69, 9.17) is 0 Å². The first-order valence-electron chi connectivity index (χ1n) is 9.72. The van der Waals surface area contributed by atoms with E-state index in [9.17, 15) is 14.4 Å². The highest BCUT2D eigenvalue weighted by molar-refractivity contribution is 5.96. The van der Waals surface area contributed by atoms with Crippen LogP contribution in [0.2, 0.25) is 0 Å². The average molecular weight is 383 g/mol. The fourth-order valence-electron chi connectivity index (χ4n) is 3.84. The Kier molecular flexibility index (Phi) is 6.10. The van der Waals surface area contributed by atoms with Gasteiger partial charge in [-0.15, -0.1) is 0 Å². The van der Waals surface area contributed by atoms with Crippen molar-refractivity contribution in [2.45, 2.75) is 20.8 Å². The number of likely N-dealkylation sites (N-methyl/N-ethyl adjacent to an activating group) is 1. The maximum atomic E-state index is 14.0. The number of fused-ring (bicyclic) bond motifs is 1. The van der Waals surface area contributed by atoms with Crippen LogP contribution in [0.1, 0.15) is 25.0 Å². The van der Waals surface area contributed by atoms with Crippen LogP contribution < -0.4 is 4.90 Å². The molecule has 1 aromatic carbocycles. The molecule has 0 bridgehead atoms. The van der Waals surface area contributed by atoms with Crippen molar-refractivity contribution in [2.75, 3.05) is 50.7 Å². The van der Waals surface area contributed by atoms with Crippen LogP contribution in [0.5, 0.6) is 0 Å². The van der Waals surface area contributed by atoms with Crippen LogP contribution >= 0.6 is 0 Å². The molecule has 1 aliphatic rings. The molecule has 1 aromatic heterocycles. The Balaban J connectivity index is 1.82. The van der Waals surface area contributed by atoms with Gasteiger partial charge in [-0.25, -0.2) is 4.39 Å². The molecular formula is C21H26FN5O. The number of nitriles is 1. The lowest BCUT2D eigenvalue weighted by atomic mass is 10.0. The third kappa shape index (κ3) is 3.92. The summed E-state index contributed by atoms with van der Waals surface area (Å²) >= 11 is 0. The zero-order valence-corrected chi connectivity index (χ0v) is 16.7. The van der Waals surface area contributed by atoms with Gasteiger partial charge in [0.1, 0.15) is 11.9 Å². The van der Waals surface area contributed by atoms with Crippen molar-refractivity contribution in [3.63, 3.8) is 0 Å². The van der Waals surface area contributed by atoms with Crippen molar-refractivity contribution >= 4 is 22.5 Å². The van der Waals surface area contributed by atoms with Gasteiger partial charge in [-0.3, -0.25) is 14.7 Å². The molecular weight excluding hydrogens is 357 g/mol. The third-order valence-electron chi connectivity index (χ3n) is 5.38. The number of carbonyl (C=O) groups excluding carboxylic acids is 1. The van der Waals surface area contributed by atoms with E-state index in [1.807, 2.05) is 25.7 Å². The van der Waals surface area contributed by atoms with E-state index >= 15 is 0 Å². The SMILES string of the molecule is CCN(CC)C(=O)CN1CCN(c2c(C#N)cnc3c(C)cc(F)cc23)CC1. The zero-order valence-electron chi connectivity index (χ0n) is 16.7. The first kappa shape index (κ1) is 20.0. The van der Waals surface area contributed by atoms with Gasteiger partial charge in [0.2, 0.25) is 5.91 Å². The first-order chi connectivity index (χ1) is 13.5. The third-order valence-corrected chi connectivity index (χ3v) is 5.38. The molecule has 1 aliphatic heterocycles. The summed E-state index contributed by atoms with van der Waals surface area (Å²) in [5.41, 5.74) is 2.66. The Morgan fingerprint density at radius 1 is 1.25 bits per heavy atom. The van der Waals surface area contributed by atoms with Crippen LogP contribution in [0.3, 0.4) is 0 Å². The predicted octanol–water partition coefficient (Wildman–Crippen LogP) is 2.54. The van der Waals surface area contributed by atoms with Crippen molar-refractivity contribution < 1.29 is 9.18 Å². The average Bonchev–Trinajstić information content (AvgIpc) is 2.68. The van der Waals surface area contributed by atoms with Gasteiger partial charge < -0.3 is 9.80 Å². The normalized spacial score (nSPS) is 14.9. The summed E-state index contributed by atoms with van der Waals surface area (Å²) in [6, 6.07) is 5.12. The molecule has 0 N–H and O–H groups in total. The maximum Gasteiger partial charge on any atom is 0.236 e. The summed E-state index contributed by atoms with van der Waals surface area (Å²) in [6.07, 6.45) is 1.57. The number of nitrogens with zero attached hydrogens (tertiary/aromatic N) is 5. The van der Waals surface area contributed by atoms with Crippen molar-refractivity contribution in [3.05, 3.63) is 35.3 Å². The molecule has 2 heterocycles. The van der Waals surface area contributed by atoms with E-state index < -0.39 is 0 Å². The predicted molar refractivity (Wildman–Crippen MR) is 108 cm³/mol. The number of rotatable bonds is 5. The smallest absolute Gasteiger partial charge is 0.236 e. The number of carbonyl (C=O) groups is 1. The van der Waals surface area contributed by atoms with E-state index in [0.29, 0.717) is 30.6 Å². The highest BCUT2D eigenvalue weighted by Crippen LogP contribution is 2.32. The summed E-state index contributed by atoms with van der Waals surface area (Å²) in [7, 11) is 0. The molecule has 6 nitrogen and oxygen atoms in total. The van der Waals surface area contributed by atoms with Gasteiger partial charge in [0.15, 0.2) is 0 Å². The standard InChI is InChI=1S/C21H26FN5O/c1-4-26(5-2)19(28)14-25-6-8-27(9-7-25)21-16(12-23)13-24-20-15(3)10-17(22)11-18(20)21/h10-11,13H,4-9,14H2,1-3H3. The van der Waals surface area contributed by atoms with Crippen LogP contribution in [0, 0.1) is 24.1 Å². The van der Waals surface area contributed by atoms with Gasteiger partial charge in [-0.05, 0) is 38.5 Å². The number of benzene rings is 1. The lowest BCUT2D eigenvalue weighted by Gasteiger charge is -2.37. The van der Waals surface area contributed by atoms with E-state index in [2.05, 4.69) is 20.9 Å². The van der Waals surface area contributed by atoms with Crippen LogP contribution in [-0.2, 0) is 4.79 Å². The molecule has 0 atom stereocenters. The van der Waals surface area contributed by atoms with Gasteiger partial charge in [0.25, 0.3) is 0 Å². The molecule has 1 saturated heterocycles. The molecule has 28 heavy (non-hydrogen) atoms. The minimum absolute atomic E-state index is 0.142. The Labute approximate surface area is 165 Å². The summed E-state index contributed by atoms with van der Waals surface area (Å²) in [5, 5.41) is 10.2. The van der Waals surface area contributed by atoms with Crippen molar-refractivity contribution in [1.29, 1.82) is 5.26 Å². The zero-order chi connectivity index (χ0) is 20.3. The summed E-state index contributed by atoms with van der Waals surface area (Å²) in [4.78, 5) is 22.8. The minimum Gasteiger partial charge on any atom is -0.367 e. The highest BCUT2D eigenvalue weighted by atomic mass is 19.1. The Morgan fingerprint density at radius 3 is 2.54 bits per heavy atom. The number of piperazine rings is 1. The van der Waals surface area contributed by atoms with E-state index in [1.54, 1.807) is 6.20 Å². The minimum atomic E-state index is -0.327. The van der Waals surface area contributed by atoms with E-state index in [-0.39, 0.29) is 11.7 Å². The number of anilines is 1. The molecule has 0 aliphatic carbocycles. The van der Waals surface area contributed by atoms with Crippen LogP contribution in [-0.4, -0.2) is 66.5 Å². The molecule has 148 valence electrons. The molecule has 0 unspecified atom stereocenters. The second-order valence-corrected chi connectivity index (χ2v) is 7.08. The van der Waals surface area contributed by atoms with Crippen LogP contribution in [0.25, 0.3) is 10.9 Å². The highest BCUT2D eigenvalue weighted by Gasteiger charge is 2.24. The quantitative estimate of drug-likeness (QED) is 0.794. The Morgan fingerprint density at radius 2 is 1.93 bits per heavy atom. The van der Waals surface area contributed by atoms with Gasteiger partial charge in [-0.1, -0.05) is 0 Å². The maximum absolute atomic E-state index is 14.0. The van der Waals surface area contributed by atoms with Crippen LogP contribution in [0.4, 0.5) is 10.1 Å². The lowest BCUT2D eigenvalue weighted by molar-refractivity contribution is -0.132. The molecule has 0 saturated carbocycles. The molecule has 7 heteroatoms. The van der Waals surface area contributed by atoms with Crippen LogP contribution in [0.15, 0.2) is 18.3 Å². The van der Waals surface area contributed by atoms with Crippen molar-refractivity contribution in [3.8, 4) is 6.07 Å². The molecule has 2 aromatic rings. The first-order valence-corrected chi connectivity index (χ1v) is 9.72. The van der Waals surface area contributed by atoms with E-state index in [0.717, 1.165) is 42.9 Å². The number of hydrogen-bond acceptors (Lipinski definition) is 5.